The normalized spacial score (nSPS) is 41.7. The molecule has 238 valence electrons. The van der Waals surface area contributed by atoms with E-state index in [1.807, 2.05) is 18.2 Å². The van der Waals surface area contributed by atoms with Crippen LogP contribution in [0.25, 0.3) is 0 Å². The zero-order valence-electron chi connectivity index (χ0n) is 27.8. The third kappa shape index (κ3) is 5.30. The molecule has 4 nitrogen and oxygen atoms in total. The number of aromatic nitrogens is 1. The van der Waals surface area contributed by atoms with E-state index >= 15 is 0 Å². The number of hydrogen-bond donors (Lipinski definition) is 0. The number of carbonyl (C=O) groups is 1. The van der Waals surface area contributed by atoms with Crippen LogP contribution >= 0.6 is 0 Å². The highest BCUT2D eigenvalue weighted by molar-refractivity contribution is 5.95. The van der Waals surface area contributed by atoms with Gasteiger partial charge in [-0.05, 0) is 135 Å². The van der Waals surface area contributed by atoms with E-state index in [-0.39, 0.29) is 17.8 Å². The second-order valence-corrected chi connectivity index (χ2v) is 16.3. The molecule has 12 atom stereocenters. The van der Waals surface area contributed by atoms with Crippen molar-refractivity contribution in [3.8, 4) is 0 Å². The van der Waals surface area contributed by atoms with Gasteiger partial charge in [0.05, 0.1) is 24.9 Å². The number of ketones is 1. The molecule has 0 bridgehead atoms. The van der Waals surface area contributed by atoms with Crippen LogP contribution in [0.2, 0.25) is 0 Å². The van der Waals surface area contributed by atoms with E-state index in [2.05, 4.69) is 63.9 Å². The molecule has 0 amide bonds. The number of benzene rings is 1. The van der Waals surface area contributed by atoms with Gasteiger partial charge in [-0.25, -0.2) is 0 Å². The molecule has 1 aromatic heterocycles. The number of rotatable bonds is 8. The molecule has 5 fully saturated rings. The van der Waals surface area contributed by atoms with Crippen molar-refractivity contribution in [2.24, 2.45) is 52.3 Å². The van der Waals surface area contributed by atoms with Gasteiger partial charge < -0.3 is 9.47 Å². The second-order valence-electron chi connectivity index (χ2n) is 16.3. The largest absolute Gasteiger partial charge is 0.374 e. The highest BCUT2D eigenvalue weighted by atomic mass is 16.5. The maximum atomic E-state index is 12.9. The molecule has 1 aliphatic heterocycles. The molecule has 1 aromatic carbocycles. The van der Waals surface area contributed by atoms with Crippen molar-refractivity contribution < 1.29 is 14.3 Å². The van der Waals surface area contributed by atoms with Crippen LogP contribution in [0.1, 0.15) is 114 Å². The van der Waals surface area contributed by atoms with Crippen LogP contribution in [0.5, 0.6) is 0 Å². The van der Waals surface area contributed by atoms with E-state index in [4.69, 9.17) is 9.47 Å². The van der Waals surface area contributed by atoms with Gasteiger partial charge in [-0.3, -0.25) is 9.78 Å². The van der Waals surface area contributed by atoms with Crippen molar-refractivity contribution >= 4 is 5.78 Å². The van der Waals surface area contributed by atoms with Crippen molar-refractivity contribution in [3.05, 3.63) is 65.5 Å². The molecule has 0 N–H and O–H groups in total. The maximum Gasteiger partial charge on any atom is 0.183 e. The first-order valence-electron chi connectivity index (χ1n) is 17.9. The topological polar surface area (TPSA) is 48.4 Å². The zero-order valence-corrected chi connectivity index (χ0v) is 27.8. The lowest BCUT2D eigenvalue weighted by molar-refractivity contribution is -0.139. The van der Waals surface area contributed by atoms with Crippen molar-refractivity contribution in [1.82, 2.24) is 4.98 Å². The van der Waals surface area contributed by atoms with Crippen LogP contribution in [-0.2, 0) is 16.1 Å². The maximum absolute atomic E-state index is 12.9. The summed E-state index contributed by atoms with van der Waals surface area (Å²) in [4.78, 5) is 17.2. The number of carbonyl (C=O) groups excluding carboxylic acids is 1. The Morgan fingerprint density at radius 1 is 1.00 bits per heavy atom. The zero-order chi connectivity index (χ0) is 30.6. The molecule has 4 saturated carbocycles. The molecule has 5 aliphatic rings. The molecule has 44 heavy (non-hydrogen) atoms. The van der Waals surface area contributed by atoms with Gasteiger partial charge in [0.1, 0.15) is 5.69 Å². The summed E-state index contributed by atoms with van der Waals surface area (Å²) in [5.74, 6) is 4.71. The summed E-state index contributed by atoms with van der Waals surface area (Å²) in [7, 11) is 0. The number of ether oxygens (including phenoxy) is 2. The van der Waals surface area contributed by atoms with Gasteiger partial charge in [0, 0.05) is 12.1 Å². The van der Waals surface area contributed by atoms with E-state index in [0.717, 1.165) is 43.1 Å². The quantitative estimate of drug-likeness (QED) is 0.285. The summed E-state index contributed by atoms with van der Waals surface area (Å²) in [5, 5.41) is 0. The van der Waals surface area contributed by atoms with E-state index in [1.54, 1.807) is 6.20 Å². The van der Waals surface area contributed by atoms with Gasteiger partial charge >= 0.3 is 0 Å². The number of aryl methyl sites for hydroxylation is 1. The fourth-order valence-electron chi connectivity index (χ4n) is 11.6. The molecule has 4 heteroatoms. The fraction of sp³-hybridized carbons (Fsp3) is 0.700. The summed E-state index contributed by atoms with van der Waals surface area (Å²) in [6.45, 7) is 12.8. The Balaban J connectivity index is 0.961. The third-order valence-electron chi connectivity index (χ3n) is 14.1. The summed E-state index contributed by atoms with van der Waals surface area (Å²) < 4.78 is 13.5. The summed E-state index contributed by atoms with van der Waals surface area (Å²) in [5.41, 5.74) is 4.08. The predicted molar refractivity (Wildman–Crippen MR) is 175 cm³/mol. The van der Waals surface area contributed by atoms with Crippen LogP contribution in [0, 0.1) is 59.2 Å². The Kier molecular flexibility index (Phi) is 8.32. The van der Waals surface area contributed by atoms with Gasteiger partial charge in [0.2, 0.25) is 0 Å². The van der Waals surface area contributed by atoms with Gasteiger partial charge in [-0.2, -0.15) is 0 Å². The summed E-state index contributed by atoms with van der Waals surface area (Å²) in [6.07, 6.45) is 15.3. The van der Waals surface area contributed by atoms with Crippen LogP contribution in [0.4, 0.5) is 0 Å². The lowest BCUT2D eigenvalue weighted by Gasteiger charge is -2.61. The smallest absolute Gasteiger partial charge is 0.183 e. The van der Waals surface area contributed by atoms with Crippen molar-refractivity contribution in [2.75, 3.05) is 0 Å². The van der Waals surface area contributed by atoms with E-state index in [1.165, 1.54) is 62.5 Å². The fourth-order valence-corrected chi connectivity index (χ4v) is 11.6. The Morgan fingerprint density at radius 3 is 2.57 bits per heavy atom. The lowest BCUT2D eigenvalue weighted by atomic mass is 9.44. The molecule has 1 saturated heterocycles. The molecular weight excluding hydrogens is 542 g/mol. The van der Waals surface area contributed by atoms with Gasteiger partial charge in [-0.15, -0.1) is 0 Å². The molecular formula is C40H55NO3. The van der Waals surface area contributed by atoms with E-state index in [9.17, 15) is 4.79 Å². The molecule has 0 unspecified atom stereocenters. The SMILES string of the molecule is Cc1ccc(CO[C@H]2CC[C@@]3(C)[C@H](CC[C@@H]4[C@@H]3CC[C@]3(C)[C@H]5[C@H](C)[C@@H](CC[C@H](C)C(=O)c6ccccn6)O[C@H]5C[C@@H]43)C2)cc1. The minimum absolute atomic E-state index is 0.0149. The minimum Gasteiger partial charge on any atom is -0.374 e. The lowest BCUT2D eigenvalue weighted by Crippen LogP contribution is -2.54. The average Bonchev–Trinajstić information content (AvgIpc) is 3.52. The Hall–Kier alpha value is -2.04. The highest BCUT2D eigenvalue weighted by Gasteiger charge is 2.65. The number of nitrogens with zero attached hydrogens (tertiary/aromatic N) is 1. The average molecular weight is 598 g/mol. The summed E-state index contributed by atoms with van der Waals surface area (Å²) in [6, 6.07) is 14.5. The Morgan fingerprint density at radius 2 is 1.80 bits per heavy atom. The highest BCUT2D eigenvalue weighted by Crippen LogP contribution is 2.70. The van der Waals surface area contributed by atoms with Crippen molar-refractivity contribution in [3.63, 3.8) is 0 Å². The predicted octanol–water partition coefficient (Wildman–Crippen LogP) is 9.25. The standard InChI is InChI=1S/C40H55NO3/c1-25-9-12-28(13-10-25)24-43-30-17-19-39(4)29(22-30)14-15-31-32(39)18-20-40(5)33(31)23-36-37(40)27(3)35(44-36)16-11-26(2)38(42)34-8-6-7-21-41-34/h6-10,12-13,21,26-27,29-33,35-37H,11,14-20,22-24H2,1-5H3/t26-,27+,29+,30-,31+,32-,33-,35+,36-,37-,39-,40-/m0/s1. The van der Waals surface area contributed by atoms with Gasteiger partial charge in [0.15, 0.2) is 5.78 Å². The van der Waals surface area contributed by atoms with Crippen molar-refractivity contribution in [2.45, 2.75) is 124 Å². The number of pyridine rings is 1. The first kappa shape index (κ1) is 30.6. The Bertz CT molecular complexity index is 1310. The second kappa shape index (κ2) is 12.0. The van der Waals surface area contributed by atoms with Crippen molar-refractivity contribution in [1.29, 1.82) is 0 Å². The number of Topliss-reactive ketones (excluding diaryl/α,β-unsaturated/α-hetero) is 1. The van der Waals surface area contributed by atoms with E-state index < -0.39 is 0 Å². The molecule has 2 aromatic rings. The monoisotopic (exact) mass is 597 g/mol. The van der Waals surface area contributed by atoms with Crippen LogP contribution in [0.3, 0.4) is 0 Å². The Labute approximate surface area is 266 Å². The number of hydrogen-bond acceptors (Lipinski definition) is 4. The van der Waals surface area contributed by atoms with Gasteiger partial charge in [0.25, 0.3) is 0 Å². The molecule has 4 aliphatic carbocycles. The molecule has 7 rings (SSSR count). The van der Waals surface area contributed by atoms with Crippen LogP contribution in [-0.4, -0.2) is 29.1 Å². The van der Waals surface area contributed by atoms with Crippen LogP contribution < -0.4 is 0 Å². The van der Waals surface area contributed by atoms with Gasteiger partial charge in [-0.1, -0.05) is 63.6 Å². The first-order chi connectivity index (χ1) is 21.2. The number of fused-ring (bicyclic) bond motifs is 7. The molecule has 0 radical (unpaired) electrons. The van der Waals surface area contributed by atoms with E-state index in [0.29, 0.717) is 40.6 Å². The first-order valence-corrected chi connectivity index (χ1v) is 17.9. The molecule has 0 spiro atoms. The summed E-state index contributed by atoms with van der Waals surface area (Å²) >= 11 is 0. The minimum atomic E-state index is -0.0149. The van der Waals surface area contributed by atoms with Crippen LogP contribution in [0.15, 0.2) is 48.7 Å². The third-order valence-corrected chi connectivity index (χ3v) is 14.1. The molecule has 2 heterocycles.